The van der Waals surface area contributed by atoms with Crippen molar-refractivity contribution in [1.82, 2.24) is 20.2 Å². The molecule has 0 aliphatic carbocycles. The maximum absolute atomic E-state index is 12.3. The molecule has 1 aliphatic heterocycles. The fourth-order valence-corrected chi connectivity index (χ4v) is 2.19. The van der Waals surface area contributed by atoms with E-state index in [1.54, 1.807) is 17.3 Å². The third-order valence-electron chi connectivity index (χ3n) is 3.18. The molecule has 0 saturated carbocycles. The van der Waals surface area contributed by atoms with Gasteiger partial charge in [0.25, 0.3) is 0 Å². The summed E-state index contributed by atoms with van der Waals surface area (Å²) in [6.45, 7) is 8.50. The summed E-state index contributed by atoms with van der Waals surface area (Å²) in [5.74, 6) is 0. The second-order valence-corrected chi connectivity index (χ2v) is 6.28. The molecule has 2 heterocycles. The van der Waals surface area contributed by atoms with Gasteiger partial charge in [-0.25, -0.2) is 14.8 Å². The Hall–Kier alpha value is -1.73. The van der Waals surface area contributed by atoms with E-state index in [0.29, 0.717) is 32.8 Å². The Balaban J connectivity index is 1.85. The molecule has 122 valence electrons. The molecule has 1 fully saturated rings. The minimum absolute atomic E-state index is 0.0340. The average Bonchev–Trinajstić information content (AvgIpc) is 2.47. The Bertz CT molecular complexity index is 475. The Morgan fingerprint density at radius 3 is 2.86 bits per heavy atom. The first-order valence-electron chi connectivity index (χ1n) is 7.48. The lowest BCUT2D eigenvalue weighted by molar-refractivity contribution is -0.0317. The number of nitrogens with zero attached hydrogens (tertiary/aromatic N) is 3. The SMILES string of the molecule is CC(C)(C)OC(=O)N1CCOCC1CNCc1cncnc1. The van der Waals surface area contributed by atoms with E-state index in [1.165, 1.54) is 6.33 Å². The lowest BCUT2D eigenvalue weighted by Crippen LogP contribution is -2.54. The molecule has 0 radical (unpaired) electrons. The largest absolute Gasteiger partial charge is 0.444 e. The molecule has 22 heavy (non-hydrogen) atoms. The minimum Gasteiger partial charge on any atom is -0.444 e. The molecule has 0 aromatic carbocycles. The summed E-state index contributed by atoms with van der Waals surface area (Å²) < 4.78 is 10.9. The molecular formula is C15H24N4O3. The van der Waals surface area contributed by atoms with Gasteiger partial charge >= 0.3 is 6.09 Å². The number of rotatable bonds is 4. The molecule has 7 heteroatoms. The molecule has 1 aromatic rings. The fourth-order valence-electron chi connectivity index (χ4n) is 2.19. The van der Waals surface area contributed by atoms with Gasteiger partial charge in [-0.3, -0.25) is 4.90 Å². The normalized spacial score (nSPS) is 19.0. The predicted octanol–water partition coefficient (Wildman–Crippen LogP) is 1.20. The van der Waals surface area contributed by atoms with Gasteiger partial charge in [-0.15, -0.1) is 0 Å². The van der Waals surface area contributed by atoms with Crippen LogP contribution in [0.4, 0.5) is 4.79 Å². The van der Waals surface area contributed by atoms with E-state index in [0.717, 1.165) is 5.56 Å². The number of aromatic nitrogens is 2. The van der Waals surface area contributed by atoms with Crippen LogP contribution < -0.4 is 5.32 Å². The number of amides is 1. The van der Waals surface area contributed by atoms with Gasteiger partial charge in [0.15, 0.2) is 0 Å². The molecule has 1 atom stereocenters. The number of hydrogen-bond acceptors (Lipinski definition) is 6. The molecule has 1 amide bonds. The molecule has 2 rings (SSSR count). The van der Waals surface area contributed by atoms with Crippen LogP contribution in [0.1, 0.15) is 26.3 Å². The molecule has 1 N–H and O–H groups in total. The number of ether oxygens (including phenoxy) is 2. The van der Waals surface area contributed by atoms with Crippen LogP contribution in [0.15, 0.2) is 18.7 Å². The number of carbonyl (C=O) groups is 1. The highest BCUT2D eigenvalue weighted by molar-refractivity contribution is 5.68. The van der Waals surface area contributed by atoms with Crippen molar-refractivity contribution in [1.29, 1.82) is 0 Å². The summed E-state index contributed by atoms with van der Waals surface area (Å²) in [5, 5.41) is 3.31. The highest BCUT2D eigenvalue weighted by Crippen LogP contribution is 2.14. The van der Waals surface area contributed by atoms with Crippen molar-refractivity contribution >= 4 is 6.09 Å². The summed E-state index contributed by atoms with van der Waals surface area (Å²) in [7, 11) is 0. The summed E-state index contributed by atoms with van der Waals surface area (Å²) in [6, 6.07) is -0.0340. The molecule has 1 unspecified atom stereocenters. The van der Waals surface area contributed by atoms with E-state index in [9.17, 15) is 4.79 Å². The van der Waals surface area contributed by atoms with Crippen molar-refractivity contribution in [2.75, 3.05) is 26.3 Å². The summed E-state index contributed by atoms with van der Waals surface area (Å²) in [6.07, 6.45) is 4.75. The lowest BCUT2D eigenvalue weighted by atomic mass is 10.2. The van der Waals surface area contributed by atoms with E-state index in [2.05, 4.69) is 15.3 Å². The van der Waals surface area contributed by atoms with Crippen molar-refractivity contribution in [2.24, 2.45) is 0 Å². The van der Waals surface area contributed by atoms with Crippen LogP contribution >= 0.6 is 0 Å². The molecular weight excluding hydrogens is 284 g/mol. The van der Waals surface area contributed by atoms with Gasteiger partial charge in [0.1, 0.15) is 11.9 Å². The van der Waals surface area contributed by atoms with Gasteiger partial charge in [-0.2, -0.15) is 0 Å². The van der Waals surface area contributed by atoms with Crippen molar-refractivity contribution in [3.63, 3.8) is 0 Å². The van der Waals surface area contributed by atoms with Crippen LogP contribution in [0.3, 0.4) is 0 Å². The number of nitrogens with one attached hydrogen (secondary N) is 1. The van der Waals surface area contributed by atoms with Crippen molar-refractivity contribution in [3.8, 4) is 0 Å². The summed E-state index contributed by atoms with van der Waals surface area (Å²) >= 11 is 0. The van der Waals surface area contributed by atoms with Gasteiger partial charge in [0.05, 0.1) is 19.3 Å². The molecule has 1 saturated heterocycles. The molecule has 1 aromatic heterocycles. The smallest absolute Gasteiger partial charge is 0.410 e. The standard InChI is InChI=1S/C15H24N4O3/c1-15(2,3)22-14(20)19-4-5-21-10-13(19)9-16-6-12-7-17-11-18-8-12/h7-8,11,13,16H,4-6,9-10H2,1-3H3. The summed E-state index contributed by atoms with van der Waals surface area (Å²) in [4.78, 5) is 21.9. The topological polar surface area (TPSA) is 76.6 Å². The highest BCUT2D eigenvalue weighted by Gasteiger charge is 2.30. The van der Waals surface area contributed by atoms with E-state index in [-0.39, 0.29) is 12.1 Å². The van der Waals surface area contributed by atoms with Crippen LogP contribution in [0.5, 0.6) is 0 Å². The monoisotopic (exact) mass is 308 g/mol. The number of carbonyl (C=O) groups excluding carboxylic acids is 1. The third kappa shape index (κ3) is 5.23. The molecule has 0 spiro atoms. The number of hydrogen-bond donors (Lipinski definition) is 1. The van der Waals surface area contributed by atoms with Crippen molar-refractivity contribution in [3.05, 3.63) is 24.3 Å². The van der Waals surface area contributed by atoms with Gasteiger partial charge in [0, 0.05) is 37.6 Å². The Morgan fingerprint density at radius 1 is 1.45 bits per heavy atom. The first-order chi connectivity index (χ1) is 10.5. The maximum Gasteiger partial charge on any atom is 0.410 e. The average molecular weight is 308 g/mol. The van der Waals surface area contributed by atoms with E-state index in [1.807, 2.05) is 20.8 Å². The first-order valence-corrected chi connectivity index (χ1v) is 7.48. The molecule has 7 nitrogen and oxygen atoms in total. The Labute approximate surface area is 131 Å². The van der Waals surface area contributed by atoms with Gasteiger partial charge in [0.2, 0.25) is 0 Å². The maximum atomic E-state index is 12.3. The summed E-state index contributed by atoms with van der Waals surface area (Å²) in [5.41, 5.74) is 0.511. The van der Waals surface area contributed by atoms with Crippen molar-refractivity contribution in [2.45, 2.75) is 39.0 Å². The predicted molar refractivity (Wildman–Crippen MR) is 81.3 cm³/mol. The first kappa shape index (κ1) is 16.6. The van der Waals surface area contributed by atoms with Crippen molar-refractivity contribution < 1.29 is 14.3 Å². The fraction of sp³-hybridized carbons (Fsp3) is 0.667. The molecule has 1 aliphatic rings. The zero-order valence-corrected chi connectivity index (χ0v) is 13.4. The van der Waals surface area contributed by atoms with Crippen LogP contribution in [-0.2, 0) is 16.0 Å². The van der Waals surface area contributed by atoms with Crippen LogP contribution in [0.25, 0.3) is 0 Å². The van der Waals surface area contributed by atoms with Gasteiger partial charge < -0.3 is 14.8 Å². The Kier molecular flexibility index (Phi) is 5.68. The van der Waals surface area contributed by atoms with Gasteiger partial charge in [-0.1, -0.05) is 0 Å². The lowest BCUT2D eigenvalue weighted by Gasteiger charge is -2.36. The minimum atomic E-state index is -0.491. The second-order valence-electron chi connectivity index (χ2n) is 6.28. The van der Waals surface area contributed by atoms with Crippen LogP contribution in [0, 0.1) is 0 Å². The highest BCUT2D eigenvalue weighted by atomic mass is 16.6. The van der Waals surface area contributed by atoms with E-state index >= 15 is 0 Å². The Morgan fingerprint density at radius 2 is 2.18 bits per heavy atom. The molecule has 0 bridgehead atoms. The van der Waals surface area contributed by atoms with Crippen LogP contribution in [0.2, 0.25) is 0 Å². The van der Waals surface area contributed by atoms with Gasteiger partial charge in [-0.05, 0) is 20.8 Å². The second kappa shape index (κ2) is 7.51. The quantitative estimate of drug-likeness (QED) is 0.901. The van der Waals surface area contributed by atoms with Crippen LogP contribution in [-0.4, -0.2) is 58.9 Å². The zero-order chi connectivity index (χ0) is 16.0. The number of morpholine rings is 1. The van der Waals surface area contributed by atoms with E-state index in [4.69, 9.17) is 9.47 Å². The zero-order valence-electron chi connectivity index (χ0n) is 13.4. The third-order valence-corrected chi connectivity index (χ3v) is 3.18. The van der Waals surface area contributed by atoms with E-state index < -0.39 is 5.60 Å².